The number of benzene rings is 1. The molecule has 27 heavy (non-hydrogen) atoms. The van der Waals surface area contributed by atoms with Crippen LogP contribution in [0.3, 0.4) is 0 Å². The Morgan fingerprint density at radius 2 is 2.07 bits per heavy atom. The molecule has 0 radical (unpaired) electrons. The number of likely N-dealkylation sites (N-methyl/N-ethyl adjacent to an activating group) is 1. The molecule has 1 amide bonds. The first kappa shape index (κ1) is 17.8. The molecule has 1 aliphatic heterocycles. The molecule has 1 fully saturated rings. The van der Waals surface area contributed by atoms with Gasteiger partial charge < -0.3 is 14.8 Å². The lowest BCUT2D eigenvalue weighted by atomic mass is 9.87. The number of carbonyl (C=O) groups is 1. The molecule has 1 saturated heterocycles. The SMILES string of the molecule is CN(C(=O)C1CCCN(c2cc(=O)[nH]cn2)C1)C1CCc2ccccc2C1. The molecular weight excluding hydrogens is 340 g/mol. The van der Waals surface area contributed by atoms with Crippen LogP contribution in [-0.4, -0.2) is 47.0 Å². The Bertz CT molecular complexity index is 878. The lowest BCUT2D eigenvalue weighted by Gasteiger charge is -2.38. The molecule has 6 heteroatoms. The van der Waals surface area contributed by atoms with Crippen molar-refractivity contribution in [1.82, 2.24) is 14.9 Å². The second kappa shape index (κ2) is 7.55. The number of hydrogen-bond donors (Lipinski definition) is 1. The van der Waals surface area contributed by atoms with Crippen LogP contribution < -0.4 is 10.5 Å². The highest BCUT2D eigenvalue weighted by atomic mass is 16.2. The first-order valence-electron chi connectivity index (χ1n) is 9.75. The molecule has 0 saturated carbocycles. The predicted molar refractivity (Wildman–Crippen MR) is 105 cm³/mol. The van der Waals surface area contributed by atoms with Crippen LogP contribution in [0.2, 0.25) is 0 Å². The van der Waals surface area contributed by atoms with Crippen LogP contribution in [0, 0.1) is 5.92 Å². The number of nitrogens with one attached hydrogen (secondary N) is 1. The summed E-state index contributed by atoms with van der Waals surface area (Å²) in [5.41, 5.74) is 2.62. The number of aromatic amines is 1. The number of carbonyl (C=O) groups excluding carboxylic acids is 1. The molecule has 0 spiro atoms. The number of amides is 1. The largest absolute Gasteiger partial charge is 0.356 e. The molecule has 4 rings (SSSR count). The number of fused-ring (bicyclic) bond motifs is 1. The van der Waals surface area contributed by atoms with E-state index < -0.39 is 0 Å². The topological polar surface area (TPSA) is 69.3 Å². The predicted octanol–water partition coefficient (Wildman–Crippen LogP) is 2.00. The van der Waals surface area contributed by atoms with Crippen molar-refractivity contribution in [1.29, 1.82) is 0 Å². The molecule has 1 aromatic carbocycles. The molecule has 2 aromatic rings. The fourth-order valence-corrected chi connectivity index (χ4v) is 4.40. The Labute approximate surface area is 159 Å². The monoisotopic (exact) mass is 366 g/mol. The maximum absolute atomic E-state index is 13.2. The summed E-state index contributed by atoms with van der Waals surface area (Å²) in [7, 11) is 1.95. The van der Waals surface area contributed by atoms with Gasteiger partial charge in [-0.05, 0) is 43.2 Å². The molecule has 2 aliphatic rings. The Balaban J connectivity index is 1.43. The summed E-state index contributed by atoms with van der Waals surface area (Å²) < 4.78 is 0. The van der Waals surface area contributed by atoms with E-state index in [1.54, 1.807) is 0 Å². The second-order valence-electron chi connectivity index (χ2n) is 7.67. The van der Waals surface area contributed by atoms with Gasteiger partial charge in [-0.1, -0.05) is 24.3 Å². The molecular formula is C21H26N4O2. The van der Waals surface area contributed by atoms with Crippen molar-refractivity contribution in [2.75, 3.05) is 25.0 Å². The zero-order valence-electron chi connectivity index (χ0n) is 15.7. The van der Waals surface area contributed by atoms with E-state index in [2.05, 4.69) is 39.1 Å². The summed E-state index contributed by atoms with van der Waals surface area (Å²) in [6, 6.07) is 10.3. The van der Waals surface area contributed by atoms with Gasteiger partial charge in [-0.3, -0.25) is 9.59 Å². The highest BCUT2D eigenvalue weighted by molar-refractivity contribution is 5.80. The third-order valence-electron chi connectivity index (χ3n) is 5.97. The van der Waals surface area contributed by atoms with E-state index in [1.807, 2.05) is 11.9 Å². The van der Waals surface area contributed by atoms with Crippen molar-refractivity contribution in [2.24, 2.45) is 5.92 Å². The molecule has 1 aliphatic carbocycles. The summed E-state index contributed by atoms with van der Waals surface area (Å²) >= 11 is 0. The van der Waals surface area contributed by atoms with E-state index in [-0.39, 0.29) is 23.4 Å². The van der Waals surface area contributed by atoms with Gasteiger partial charge in [0.1, 0.15) is 5.82 Å². The van der Waals surface area contributed by atoms with Crippen molar-refractivity contribution < 1.29 is 4.79 Å². The van der Waals surface area contributed by atoms with E-state index in [9.17, 15) is 9.59 Å². The maximum atomic E-state index is 13.2. The number of rotatable bonds is 3. The minimum Gasteiger partial charge on any atom is -0.356 e. The van der Waals surface area contributed by atoms with Crippen LogP contribution in [0.5, 0.6) is 0 Å². The van der Waals surface area contributed by atoms with Gasteiger partial charge in [0.15, 0.2) is 0 Å². The van der Waals surface area contributed by atoms with E-state index in [4.69, 9.17) is 0 Å². The van der Waals surface area contributed by atoms with Gasteiger partial charge in [0.05, 0.1) is 12.2 Å². The summed E-state index contributed by atoms with van der Waals surface area (Å²) in [6.45, 7) is 1.46. The van der Waals surface area contributed by atoms with Gasteiger partial charge in [-0.25, -0.2) is 4.98 Å². The second-order valence-corrected chi connectivity index (χ2v) is 7.67. The molecule has 1 aromatic heterocycles. The average Bonchev–Trinajstić information content (AvgIpc) is 2.72. The lowest BCUT2D eigenvalue weighted by molar-refractivity contribution is -0.136. The molecule has 2 unspecified atom stereocenters. The number of hydrogen-bond acceptors (Lipinski definition) is 4. The Hall–Kier alpha value is -2.63. The van der Waals surface area contributed by atoms with Gasteiger partial charge in [0.25, 0.3) is 5.56 Å². The quantitative estimate of drug-likeness (QED) is 0.902. The van der Waals surface area contributed by atoms with Crippen LogP contribution in [-0.2, 0) is 17.6 Å². The van der Waals surface area contributed by atoms with Crippen LogP contribution in [0.4, 0.5) is 5.82 Å². The van der Waals surface area contributed by atoms with Crippen molar-refractivity contribution in [3.8, 4) is 0 Å². The minimum atomic E-state index is -0.161. The first-order valence-corrected chi connectivity index (χ1v) is 9.75. The third-order valence-corrected chi connectivity index (χ3v) is 5.97. The zero-order valence-corrected chi connectivity index (χ0v) is 15.7. The van der Waals surface area contributed by atoms with Gasteiger partial charge >= 0.3 is 0 Å². The normalized spacial score (nSPS) is 22.2. The summed E-state index contributed by atoms with van der Waals surface area (Å²) in [5, 5.41) is 0. The van der Waals surface area contributed by atoms with Crippen molar-refractivity contribution in [3.05, 3.63) is 58.1 Å². The highest BCUT2D eigenvalue weighted by Crippen LogP contribution is 2.27. The summed E-state index contributed by atoms with van der Waals surface area (Å²) in [6.07, 6.45) is 6.24. The number of aromatic nitrogens is 2. The van der Waals surface area contributed by atoms with Crippen molar-refractivity contribution in [3.63, 3.8) is 0 Å². The van der Waals surface area contributed by atoms with Crippen LogP contribution in [0.15, 0.2) is 41.5 Å². The van der Waals surface area contributed by atoms with E-state index in [1.165, 1.54) is 23.5 Å². The highest BCUT2D eigenvalue weighted by Gasteiger charge is 2.32. The minimum absolute atomic E-state index is 0.0398. The van der Waals surface area contributed by atoms with Crippen molar-refractivity contribution in [2.45, 2.75) is 38.1 Å². The Morgan fingerprint density at radius 1 is 1.26 bits per heavy atom. The van der Waals surface area contributed by atoms with Crippen LogP contribution >= 0.6 is 0 Å². The van der Waals surface area contributed by atoms with Crippen LogP contribution in [0.25, 0.3) is 0 Å². The number of H-pyrrole nitrogens is 1. The fourth-order valence-electron chi connectivity index (χ4n) is 4.40. The van der Waals surface area contributed by atoms with Gasteiger partial charge in [-0.2, -0.15) is 0 Å². The summed E-state index contributed by atoms with van der Waals surface area (Å²) in [5.74, 6) is 0.835. The van der Waals surface area contributed by atoms with E-state index in [0.717, 1.165) is 38.6 Å². The molecule has 142 valence electrons. The summed E-state index contributed by atoms with van der Waals surface area (Å²) in [4.78, 5) is 35.6. The van der Waals surface area contributed by atoms with Crippen molar-refractivity contribution >= 4 is 11.7 Å². The molecule has 2 heterocycles. The Kier molecular flexibility index (Phi) is 4.97. The number of nitrogens with zero attached hydrogens (tertiary/aromatic N) is 3. The van der Waals surface area contributed by atoms with Gasteiger partial charge in [0.2, 0.25) is 5.91 Å². The number of anilines is 1. The number of piperidine rings is 1. The third kappa shape index (κ3) is 3.75. The molecule has 6 nitrogen and oxygen atoms in total. The van der Waals surface area contributed by atoms with Gasteiger partial charge in [-0.15, -0.1) is 0 Å². The zero-order chi connectivity index (χ0) is 18.8. The Morgan fingerprint density at radius 3 is 2.89 bits per heavy atom. The maximum Gasteiger partial charge on any atom is 0.252 e. The lowest BCUT2D eigenvalue weighted by Crippen LogP contribution is -2.48. The fraction of sp³-hybridized carbons (Fsp3) is 0.476. The molecule has 1 N–H and O–H groups in total. The van der Waals surface area contributed by atoms with E-state index >= 15 is 0 Å². The first-order chi connectivity index (χ1) is 13.1. The average molecular weight is 366 g/mol. The smallest absolute Gasteiger partial charge is 0.252 e. The van der Waals surface area contributed by atoms with E-state index in [0.29, 0.717) is 12.4 Å². The number of aryl methyl sites for hydroxylation is 1. The van der Waals surface area contributed by atoms with Gasteiger partial charge in [0, 0.05) is 32.2 Å². The molecule has 0 bridgehead atoms. The molecule has 2 atom stereocenters. The van der Waals surface area contributed by atoms with Crippen LogP contribution in [0.1, 0.15) is 30.4 Å². The standard InChI is InChI=1S/C21H26N4O2/c1-24(18-9-8-15-5-2-3-6-16(15)11-18)21(27)17-7-4-10-25(13-17)19-12-20(26)23-14-22-19/h2-3,5-6,12,14,17-18H,4,7-11,13H2,1H3,(H,22,23,26).